The van der Waals surface area contributed by atoms with E-state index >= 15 is 0 Å². The highest BCUT2D eigenvalue weighted by atomic mass is 32.2. The van der Waals surface area contributed by atoms with Gasteiger partial charge in [0.15, 0.2) is 0 Å². The molecule has 112 valence electrons. The summed E-state index contributed by atoms with van der Waals surface area (Å²) in [6, 6.07) is 9.39. The summed E-state index contributed by atoms with van der Waals surface area (Å²) in [6.45, 7) is 0.208. The van der Waals surface area contributed by atoms with E-state index in [9.17, 15) is 9.36 Å². The number of phosphoric ester groups is 1. The highest BCUT2D eigenvalue weighted by Gasteiger charge is 2.12. The van der Waals surface area contributed by atoms with E-state index in [-0.39, 0.29) is 25.6 Å². The Labute approximate surface area is 121 Å². The number of rotatable bonds is 9. The van der Waals surface area contributed by atoms with Gasteiger partial charge in [0.2, 0.25) is 0 Å². The van der Waals surface area contributed by atoms with Gasteiger partial charge in [0, 0.05) is 11.5 Å². The maximum Gasteiger partial charge on any atom is 0.469 e. The number of carbonyl (C=O) groups excluding carboxylic acids is 1. The zero-order valence-electron chi connectivity index (χ0n) is 10.8. The lowest BCUT2D eigenvalue weighted by atomic mass is 10.2. The molecule has 0 saturated carbocycles. The van der Waals surface area contributed by atoms with Gasteiger partial charge in [-0.15, -0.1) is 0 Å². The minimum atomic E-state index is -4.38. The van der Waals surface area contributed by atoms with E-state index in [1.165, 1.54) is 11.8 Å². The van der Waals surface area contributed by atoms with Gasteiger partial charge in [-0.05, 0) is 5.56 Å². The van der Waals surface area contributed by atoms with Crippen LogP contribution in [0.5, 0.6) is 0 Å². The zero-order chi connectivity index (χ0) is 14.8. The predicted octanol–water partition coefficient (Wildman–Crippen LogP) is 1.96. The third-order valence-electron chi connectivity index (χ3n) is 2.18. The molecule has 1 aromatic rings. The average molecular weight is 320 g/mol. The Morgan fingerprint density at radius 3 is 2.55 bits per heavy atom. The van der Waals surface area contributed by atoms with E-state index in [1.807, 2.05) is 30.3 Å². The molecule has 8 heteroatoms. The van der Waals surface area contributed by atoms with Crippen LogP contribution in [0.2, 0.25) is 0 Å². The Morgan fingerprint density at radius 2 is 1.90 bits per heavy atom. The molecule has 0 heterocycles. The summed E-state index contributed by atoms with van der Waals surface area (Å²) in [5, 5.41) is 0. The minimum absolute atomic E-state index is 0.0476. The van der Waals surface area contributed by atoms with E-state index in [1.54, 1.807) is 0 Å². The van der Waals surface area contributed by atoms with Crippen molar-refractivity contribution in [3.8, 4) is 0 Å². The molecule has 0 aromatic heterocycles. The number of hydrogen-bond acceptors (Lipinski definition) is 5. The second-order valence-corrected chi connectivity index (χ2v) is 6.30. The van der Waals surface area contributed by atoms with Crippen LogP contribution in [0.15, 0.2) is 30.3 Å². The second kappa shape index (κ2) is 9.15. The van der Waals surface area contributed by atoms with Crippen LogP contribution in [0.3, 0.4) is 0 Å². The molecule has 0 spiro atoms. The Hall–Kier alpha value is -0.850. The highest BCUT2D eigenvalue weighted by molar-refractivity contribution is 7.99. The van der Waals surface area contributed by atoms with Gasteiger partial charge in [-0.1, -0.05) is 30.3 Å². The molecule has 20 heavy (non-hydrogen) atoms. The van der Waals surface area contributed by atoms with Crippen LogP contribution < -0.4 is 0 Å². The van der Waals surface area contributed by atoms with Crippen molar-refractivity contribution in [2.75, 3.05) is 18.1 Å². The monoisotopic (exact) mass is 320 g/mol. The fourth-order valence-corrected chi connectivity index (χ4v) is 2.45. The number of carbonyl (C=O) groups is 1. The number of ether oxygens (including phenoxy) is 1. The summed E-state index contributed by atoms with van der Waals surface area (Å²) in [4.78, 5) is 28.3. The van der Waals surface area contributed by atoms with Gasteiger partial charge in [-0.25, -0.2) is 4.57 Å². The van der Waals surface area contributed by atoms with Crippen molar-refractivity contribution in [1.29, 1.82) is 0 Å². The van der Waals surface area contributed by atoms with Crippen molar-refractivity contribution in [3.63, 3.8) is 0 Å². The van der Waals surface area contributed by atoms with Crippen LogP contribution in [0.4, 0.5) is 0 Å². The van der Waals surface area contributed by atoms with Crippen molar-refractivity contribution in [2.45, 2.75) is 13.0 Å². The standard InChI is InChI=1S/C12H17O6PS/c13-12(17-10-11-4-2-1-3-5-11)6-8-20-9-7-18-19(14,15)16/h1-5H,6-10H2,(H2,14,15,16). The molecule has 0 atom stereocenters. The quantitative estimate of drug-likeness (QED) is 0.408. The van der Waals surface area contributed by atoms with E-state index in [0.29, 0.717) is 11.5 Å². The number of esters is 1. The smallest absolute Gasteiger partial charge is 0.461 e. The Balaban J connectivity index is 2.02. The van der Waals surface area contributed by atoms with Crippen molar-refractivity contribution >= 4 is 25.6 Å². The molecule has 0 unspecified atom stereocenters. The SMILES string of the molecule is O=C(CCSCCOP(=O)(O)O)OCc1ccccc1. The van der Waals surface area contributed by atoms with E-state index in [4.69, 9.17) is 14.5 Å². The van der Waals surface area contributed by atoms with Crippen molar-refractivity contribution in [3.05, 3.63) is 35.9 Å². The van der Waals surface area contributed by atoms with Gasteiger partial charge < -0.3 is 14.5 Å². The third-order valence-corrected chi connectivity index (χ3v) is 3.65. The maximum absolute atomic E-state index is 11.4. The fraction of sp³-hybridized carbons (Fsp3) is 0.417. The molecule has 0 radical (unpaired) electrons. The first-order valence-corrected chi connectivity index (χ1v) is 8.63. The number of benzene rings is 1. The van der Waals surface area contributed by atoms with Gasteiger partial charge in [-0.3, -0.25) is 9.32 Å². The average Bonchev–Trinajstić information content (AvgIpc) is 2.40. The van der Waals surface area contributed by atoms with Gasteiger partial charge in [0.25, 0.3) is 0 Å². The summed E-state index contributed by atoms with van der Waals surface area (Å²) in [5.41, 5.74) is 0.934. The maximum atomic E-state index is 11.4. The summed E-state index contributed by atoms with van der Waals surface area (Å²) in [7, 11) is -4.38. The van der Waals surface area contributed by atoms with Crippen LogP contribution >= 0.6 is 19.6 Å². The number of hydrogen-bond donors (Lipinski definition) is 2. The normalized spacial score (nSPS) is 11.3. The van der Waals surface area contributed by atoms with Crippen LogP contribution in [-0.4, -0.2) is 33.9 Å². The highest BCUT2D eigenvalue weighted by Crippen LogP contribution is 2.35. The lowest BCUT2D eigenvalue weighted by Gasteiger charge is -2.06. The van der Waals surface area contributed by atoms with Crippen molar-refractivity contribution in [2.24, 2.45) is 0 Å². The lowest BCUT2D eigenvalue weighted by molar-refractivity contribution is -0.144. The first kappa shape index (κ1) is 17.2. The van der Waals surface area contributed by atoms with Gasteiger partial charge in [-0.2, -0.15) is 11.8 Å². The Bertz CT molecular complexity index is 447. The Morgan fingerprint density at radius 1 is 1.20 bits per heavy atom. The molecular weight excluding hydrogens is 303 g/mol. The second-order valence-electron chi connectivity index (χ2n) is 3.83. The van der Waals surface area contributed by atoms with Crippen LogP contribution in [-0.2, 0) is 25.2 Å². The molecule has 2 N–H and O–H groups in total. The molecule has 6 nitrogen and oxygen atoms in total. The third kappa shape index (κ3) is 9.12. The first-order valence-electron chi connectivity index (χ1n) is 5.95. The molecule has 0 bridgehead atoms. The number of phosphoric acid groups is 1. The number of thioether (sulfide) groups is 1. The van der Waals surface area contributed by atoms with E-state index in [0.717, 1.165) is 5.56 Å². The molecule has 0 amide bonds. The predicted molar refractivity (Wildman–Crippen MR) is 76.2 cm³/mol. The molecule has 1 rings (SSSR count). The molecular formula is C12H17O6PS. The van der Waals surface area contributed by atoms with E-state index in [2.05, 4.69) is 4.52 Å². The van der Waals surface area contributed by atoms with Crippen molar-refractivity contribution in [1.82, 2.24) is 0 Å². The molecule has 0 aliphatic heterocycles. The summed E-state index contributed by atoms with van der Waals surface area (Å²) in [6.07, 6.45) is 0.257. The van der Waals surface area contributed by atoms with Crippen LogP contribution in [0.1, 0.15) is 12.0 Å². The van der Waals surface area contributed by atoms with Crippen LogP contribution in [0.25, 0.3) is 0 Å². The Kier molecular flexibility index (Phi) is 7.87. The summed E-state index contributed by atoms with van der Waals surface area (Å²) >= 11 is 1.37. The van der Waals surface area contributed by atoms with Gasteiger partial charge >= 0.3 is 13.8 Å². The van der Waals surface area contributed by atoms with Crippen molar-refractivity contribution < 1.29 is 28.4 Å². The minimum Gasteiger partial charge on any atom is -0.461 e. The molecule has 0 aliphatic rings. The van der Waals surface area contributed by atoms with Gasteiger partial charge in [0.1, 0.15) is 6.61 Å². The topological polar surface area (TPSA) is 93.1 Å². The molecule has 0 aliphatic carbocycles. The summed E-state index contributed by atoms with van der Waals surface area (Å²) < 4.78 is 19.7. The van der Waals surface area contributed by atoms with Gasteiger partial charge in [0.05, 0.1) is 13.0 Å². The lowest BCUT2D eigenvalue weighted by Crippen LogP contribution is -2.06. The fourth-order valence-electron chi connectivity index (χ4n) is 1.28. The first-order chi connectivity index (χ1) is 9.47. The largest absolute Gasteiger partial charge is 0.469 e. The van der Waals surface area contributed by atoms with E-state index < -0.39 is 7.82 Å². The zero-order valence-corrected chi connectivity index (χ0v) is 12.5. The molecule has 0 saturated heterocycles. The molecule has 0 fully saturated rings. The molecule has 1 aromatic carbocycles. The van der Waals surface area contributed by atoms with Crippen LogP contribution in [0, 0.1) is 0 Å². The summed E-state index contributed by atoms with van der Waals surface area (Å²) in [5.74, 6) is 0.645.